The van der Waals surface area contributed by atoms with Gasteiger partial charge in [-0.05, 0) is 30.0 Å². The Hall–Kier alpha value is -1.86. The molecule has 2 aromatic rings. The van der Waals surface area contributed by atoms with E-state index in [0.29, 0.717) is 6.61 Å². The number of hydrogen-bond donors (Lipinski definition) is 0. The summed E-state index contributed by atoms with van der Waals surface area (Å²) >= 11 is 0. The van der Waals surface area contributed by atoms with Crippen LogP contribution in [0.25, 0.3) is 5.57 Å². The van der Waals surface area contributed by atoms with E-state index in [0.717, 1.165) is 13.0 Å². The zero-order valence-corrected chi connectivity index (χ0v) is 11.4. The zero-order valence-electron chi connectivity index (χ0n) is 11.4. The maximum atomic E-state index is 5.65. The minimum atomic E-state index is 0.674. The molecule has 0 atom stereocenters. The highest BCUT2D eigenvalue weighted by Gasteiger charge is 1.94. The van der Waals surface area contributed by atoms with Crippen LogP contribution in [0.3, 0.4) is 0 Å². The van der Waals surface area contributed by atoms with Crippen molar-refractivity contribution in [1.82, 2.24) is 0 Å². The molecule has 1 nitrogen and oxygen atoms in total. The van der Waals surface area contributed by atoms with Gasteiger partial charge in [0, 0.05) is 0 Å². The summed E-state index contributed by atoms with van der Waals surface area (Å²) in [5.41, 5.74) is 3.85. The van der Waals surface area contributed by atoms with Crippen molar-refractivity contribution < 1.29 is 4.74 Å². The predicted molar refractivity (Wildman–Crippen MR) is 81.1 cm³/mol. The van der Waals surface area contributed by atoms with Crippen LogP contribution in [-0.2, 0) is 11.2 Å². The van der Waals surface area contributed by atoms with Crippen LogP contribution in [0.5, 0.6) is 0 Å². The van der Waals surface area contributed by atoms with E-state index in [4.69, 9.17) is 4.74 Å². The first-order valence-electron chi connectivity index (χ1n) is 6.70. The summed E-state index contributed by atoms with van der Waals surface area (Å²) in [6.07, 6.45) is 3.11. The standard InChI is InChI=1S/C18H20O/c1-16(18-10-6-3-7-11-18)12-14-19-15-13-17-8-4-2-5-9-17/h2-12H,13-15H2,1H3/b16-12+. The van der Waals surface area contributed by atoms with Crippen molar-refractivity contribution in [3.8, 4) is 0 Å². The third kappa shape index (κ3) is 4.72. The van der Waals surface area contributed by atoms with E-state index in [1.54, 1.807) is 0 Å². The topological polar surface area (TPSA) is 9.23 Å². The Morgan fingerprint density at radius 1 is 0.947 bits per heavy atom. The third-order valence-corrected chi connectivity index (χ3v) is 3.11. The average molecular weight is 252 g/mol. The van der Waals surface area contributed by atoms with E-state index in [9.17, 15) is 0 Å². The number of rotatable bonds is 6. The van der Waals surface area contributed by atoms with Crippen molar-refractivity contribution >= 4 is 5.57 Å². The zero-order chi connectivity index (χ0) is 13.3. The van der Waals surface area contributed by atoms with Crippen LogP contribution in [0.15, 0.2) is 66.7 Å². The molecule has 0 aliphatic rings. The molecule has 2 rings (SSSR count). The molecule has 0 unspecified atom stereocenters. The van der Waals surface area contributed by atoms with Gasteiger partial charge < -0.3 is 4.74 Å². The van der Waals surface area contributed by atoms with E-state index in [1.807, 2.05) is 12.1 Å². The summed E-state index contributed by atoms with van der Waals surface area (Å²) < 4.78 is 5.65. The molecule has 0 spiro atoms. The van der Waals surface area contributed by atoms with Gasteiger partial charge in [-0.1, -0.05) is 66.7 Å². The first-order chi connectivity index (χ1) is 9.36. The summed E-state index contributed by atoms with van der Waals surface area (Å²) in [5.74, 6) is 0. The molecule has 0 radical (unpaired) electrons. The van der Waals surface area contributed by atoms with E-state index < -0.39 is 0 Å². The second kappa shape index (κ2) is 7.55. The Kier molecular flexibility index (Phi) is 5.39. The summed E-state index contributed by atoms with van der Waals surface area (Å²) in [4.78, 5) is 0. The maximum Gasteiger partial charge on any atom is 0.0653 e. The van der Waals surface area contributed by atoms with Gasteiger partial charge in [0.1, 0.15) is 0 Å². The van der Waals surface area contributed by atoms with Gasteiger partial charge in [0.25, 0.3) is 0 Å². The smallest absolute Gasteiger partial charge is 0.0653 e. The lowest BCUT2D eigenvalue weighted by Crippen LogP contribution is -1.98. The largest absolute Gasteiger partial charge is 0.377 e. The molecule has 98 valence electrons. The molecule has 0 fully saturated rings. The summed E-state index contributed by atoms with van der Waals surface area (Å²) in [6.45, 7) is 3.56. The van der Waals surface area contributed by atoms with Gasteiger partial charge in [-0.15, -0.1) is 0 Å². The highest BCUT2D eigenvalue weighted by Crippen LogP contribution is 2.12. The van der Waals surface area contributed by atoms with Gasteiger partial charge in [-0.25, -0.2) is 0 Å². The first kappa shape index (κ1) is 13.6. The highest BCUT2D eigenvalue weighted by molar-refractivity contribution is 5.63. The minimum Gasteiger partial charge on any atom is -0.377 e. The molecule has 0 heterocycles. The SMILES string of the molecule is C/C(=C\COCCc1ccccc1)c1ccccc1. The van der Waals surface area contributed by atoms with Crippen molar-refractivity contribution in [3.63, 3.8) is 0 Å². The summed E-state index contributed by atoms with van der Waals surface area (Å²) in [6, 6.07) is 20.8. The fourth-order valence-corrected chi connectivity index (χ4v) is 1.92. The van der Waals surface area contributed by atoms with Crippen LogP contribution in [0.2, 0.25) is 0 Å². The van der Waals surface area contributed by atoms with Crippen LogP contribution < -0.4 is 0 Å². The van der Waals surface area contributed by atoms with Crippen molar-refractivity contribution in [2.75, 3.05) is 13.2 Å². The van der Waals surface area contributed by atoms with Gasteiger partial charge in [0.05, 0.1) is 13.2 Å². The molecule has 2 aromatic carbocycles. The van der Waals surface area contributed by atoms with Crippen molar-refractivity contribution in [2.24, 2.45) is 0 Å². The molecule has 0 saturated carbocycles. The van der Waals surface area contributed by atoms with Crippen LogP contribution in [0.4, 0.5) is 0 Å². The Morgan fingerprint density at radius 3 is 2.26 bits per heavy atom. The van der Waals surface area contributed by atoms with E-state index in [-0.39, 0.29) is 0 Å². The molecule has 0 saturated heterocycles. The van der Waals surface area contributed by atoms with Crippen molar-refractivity contribution in [1.29, 1.82) is 0 Å². The van der Waals surface area contributed by atoms with E-state index >= 15 is 0 Å². The molecule has 0 amide bonds. The Bertz CT molecular complexity index is 500. The minimum absolute atomic E-state index is 0.674. The van der Waals surface area contributed by atoms with Gasteiger partial charge in [-0.2, -0.15) is 0 Å². The van der Waals surface area contributed by atoms with E-state index in [2.05, 4.69) is 61.5 Å². The van der Waals surface area contributed by atoms with Crippen LogP contribution in [0, 0.1) is 0 Å². The first-order valence-corrected chi connectivity index (χ1v) is 6.70. The third-order valence-electron chi connectivity index (χ3n) is 3.11. The maximum absolute atomic E-state index is 5.65. The van der Waals surface area contributed by atoms with Crippen molar-refractivity contribution in [2.45, 2.75) is 13.3 Å². The number of ether oxygens (including phenoxy) is 1. The van der Waals surface area contributed by atoms with Gasteiger partial charge in [0.15, 0.2) is 0 Å². The lowest BCUT2D eigenvalue weighted by atomic mass is 10.1. The summed E-state index contributed by atoms with van der Waals surface area (Å²) in [7, 11) is 0. The fourth-order valence-electron chi connectivity index (χ4n) is 1.92. The normalized spacial score (nSPS) is 11.5. The number of hydrogen-bond acceptors (Lipinski definition) is 1. The molecular weight excluding hydrogens is 232 g/mol. The molecule has 0 bridgehead atoms. The van der Waals surface area contributed by atoms with Crippen LogP contribution in [-0.4, -0.2) is 13.2 Å². The van der Waals surface area contributed by atoms with E-state index in [1.165, 1.54) is 16.7 Å². The number of benzene rings is 2. The lowest BCUT2D eigenvalue weighted by Gasteiger charge is -2.04. The molecule has 0 aliphatic carbocycles. The fraction of sp³-hybridized carbons (Fsp3) is 0.222. The molecular formula is C18H20O. The van der Waals surface area contributed by atoms with Crippen LogP contribution in [0.1, 0.15) is 18.1 Å². The Labute approximate surface area is 115 Å². The summed E-state index contributed by atoms with van der Waals surface area (Å²) in [5, 5.41) is 0. The molecule has 1 heteroatoms. The lowest BCUT2D eigenvalue weighted by molar-refractivity contribution is 0.166. The molecule has 0 aromatic heterocycles. The monoisotopic (exact) mass is 252 g/mol. The predicted octanol–water partition coefficient (Wildman–Crippen LogP) is 4.35. The number of allylic oxidation sites excluding steroid dienone is 1. The van der Waals surface area contributed by atoms with Crippen LogP contribution >= 0.6 is 0 Å². The van der Waals surface area contributed by atoms with Crippen molar-refractivity contribution in [3.05, 3.63) is 77.9 Å². The van der Waals surface area contributed by atoms with Gasteiger partial charge in [0.2, 0.25) is 0 Å². The Morgan fingerprint density at radius 2 is 1.58 bits per heavy atom. The molecule has 0 N–H and O–H groups in total. The molecule has 0 aliphatic heterocycles. The second-order valence-electron chi connectivity index (χ2n) is 4.56. The highest BCUT2D eigenvalue weighted by atomic mass is 16.5. The Balaban J connectivity index is 1.72. The quantitative estimate of drug-likeness (QED) is 0.694. The molecule has 19 heavy (non-hydrogen) atoms. The average Bonchev–Trinajstić information content (AvgIpc) is 2.49. The van der Waals surface area contributed by atoms with Gasteiger partial charge in [-0.3, -0.25) is 0 Å². The second-order valence-corrected chi connectivity index (χ2v) is 4.56. The van der Waals surface area contributed by atoms with Gasteiger partial charge >= 0.3 is 0 Å².